The molecule has 1 aliphatic rings. The van der Waals surface area contributed by atoms with Crippen molar-refractivity contribution in [1.29, 1.82) is 0 Å². The Bertz CT molecular complexity index is 479. The summed E-state index contributed by atoms with van der Waals surface area (Å²) >= 11 is 0. The Morgan fingerprint density at radius 2 is 2.16 bits per heavy atom. The lowest BCUT2D eigenvalue weighted by Crippen LogP contribution is -2.39. The molecule has 19 heavy (non-hydrogen) atoms. The van der Waals surface area contributed by atoms with Crippen LogP contribution in [-0.4, -0.2) is 35.0 Å². The Hall–Kier alpha value is -1.92. The van der Waals surface area contributed by atoms with Crippen molar-refractivity contribution in [3.05, 3.63) is 16.4 Å². The molecular weight excluding hydrogens is 246 g/mol. The summed E-state index contributed by atoms with van der Waals surface area (Å²) in [5.41, 5.74) is -0.0354. The maximum atomic E-state index is 11.2. The standard InChI is InChI=1S/C12H19N5O2/c1-8-4-5-16(6-9(8)2)12-10(17(18)19)11(13-3)14-7-15-12/h7-9H,4-6H2,1-3H3,(H,13,14,15). The van der Waals surface area contributed by atoms with E-state index in [2.05, 4.69) is 29.1 Å². The van der Waals surface area contributed by atoms with Crippen molar-refractivity contribution in [3.63, 3.8) is 0 Å². The van der Waals surface area contributed by atoms with Gasteiger partial charge in [0.15, 0.2) is 0 Å². The van der Waals surface area contributed by atoms with Crippen LogP contribution < -0.4 is 10.2 Å². The molecule has 1 aromatic rings. The third kappa shape index (κ3) is 2.59. The van der Waals surface area contributed by atoms with E-state index in [1.807, 2.05) is 4.90 Å². The summed E-state index contributed by atoms with van der Waals surface area (Å²) in [7, 11) is 1.63. The van der Waals surface area contributed by atoms with E-state index in [0.717, 1.165) is 19.5 Å². The summed E-state index contributed by atoms with van der Waals surface area (Å²) in [6.45, 7) is 5.98. The Kier molecular flexibility index (Phi) is 3.82. The highest BCUT2D eigenvalue weighted by Gasteiger charge is 2.30. The first-order valence-electron chi connectivity index (χ1n) is 6.46. The van der Waals surface area contributed by atoms with E-state index in [-0.39, 0.29) is 11.5 Å². The molecule has 2 unspecified atom stereocenters. The van der Waals surface area contributed by atoms with Crippen LogP contribution in [0.15, 0.2) is 6.33 Å². The van der Waals surface area contributed by atoms with E-state index < -0.39 is 4.92 Å². The normalized spacial score (nSPS) is 23.2. The monoisotopic (exact) mass is 265 g/mol. The number of aromatic nitrogens is 2. The lowest BCUT2D eigenvalue weighted by Gasteiger charge is -2.35. The van der Waals surface area contributed by atoms with Crippen LogP contribution in [0.4, 0.5) is 17.3 Å². The number of nitro groups is 1. The molecule has 0 aliphatic carbocycles. The Balaban J connectivity index is 2.37. The minimum atomic E-state index is -0.413. The summed E-state index contributed by atoms with van der Waals surface area (Å²) in [6, 6.07) is 0. The predicted octanol–water partition coefficient (Wildman–Crippen LogP) is 1.91. The van der Waals surface area contributed by atoms with Crippen molar-refractivity contribution in [2.75, 3.05) is 30.4 Å². The van der Waals surface area contributed by atoms with E-state index in [4.69, 9.17) is 0 Å². The summed E-state index contributed by atoms with van der Waals surface area (Å²) < 4.78 is 0. The van der Waals surface area contributed by atoms with E-state index >= 15 is 0 Å². The number of nitrogens with zero attached hydrogens (tertiary/aromatic N) is 4. The maximum absolute atomic E-state index is 11.2. The number of hydrogen-bond donors (Lipinski definition) is 1. The quantitative estimate of drug-likeness (QED) is 0.664. The third-order valence-electron chi connectivity index (χ3n) is 3.86. The molecule has 1 aliphatic heterocycles. The zero-order chi connectivity index (χ0) is 14.0. The molecule has 1 saturated heterocycles. The number of anilines is 2. The predicted molar refractivity (Wildman–Crippen MR) is 73.4 cm³/mol. The molecule has 1 N–H and O–H groups in total. The van der Waals surface area contributed by atoms with Gasteiger partial charge in [0.2, 0.25) is 11.6 Å². The largest absolute Gasteiger partial charge is 0.367 e. The van der Waals surface area contributed by atoms with Gasteiger partial charge in [0, 0.05) is 20.1 Å². The molecule has 2 heterocycles. The van der Waals surface area contributed by atoms with Gasteiger partial charge in [-0.3, -0.25) is 10.1 Å². The molecule has 0 amide bonds. The molecule has 1 aromatic heterocycles. The summed E-state index contributed by atoms with van der Waals surface area (Å²) in [5, 5.41) is 14.0. The van der Waals surface area contributed by atoms with Gasteiger partial charge in [-0.25, -0.2) is 9.97 Å². The van der Waals surface area contributed by atoms with Gasteiger partial charge in [-0.15, -0.1) is 0 Å². The van der Waals surface area contributed by atoms with Gasteiger partial charge in [0.1, 0.15) is 6.33 Å². The SMILES string of the molecule is CNc1ncnc(N2CCC(C)C(C)C2)c1[N+](=O)[O-]. The molecule has 7 nitrogen and oxygen atoms in total. The Morgan fingerprint density at radius 3 is 2.74 bits per heavy atom. The van der Waals surface area contributed by atoms with Crippen LogP contribution in [0.2, 0.25) is 0 Å². The zero-order valence-electron chi connectivity index (χ0n) is 11.5. The van der Waals surface area contributed by atoms with E-state index in [1.54, 1.807) is 7.05 Å². The first kappa shape index (κ1) is 13.5. The maximum Gasteiger partial charge on any atom is 0.353 e. The summed E-state index contributed by atoms with van der Waals surface area (Å²) in [6.07, 6.45) is 2.40. The fraction of sp³-hybridized carbons (Fsp3) is 0.667. The Labute approximate surface area is 112 Å². The second kappa shape index (κ2) is 5.38. The van der Waals surface area contributed by atoms with Crippen LogP contribution in [0.25, 0.3) is 0 Å². The van der Waals surface area contributed by atoms with Crippen molar-refractivity contribution in [2.45, 2.75) is 20.3 Å². The highest BCUT2D eigenvalue weighted by molar-refractivity contribution is 5.70. The van der Waals surface area contributed by atoms with Gasteiger partial charge in [0.25, 0.3) is 0 Å². The van der Waals surface area contributed by atoms with Crippen molar-refractivity contribution in [2.24, 2.45) is 11.8 Å². The van der Waals surface area contributed by atoms with Crippen molar-refractivity contribution >= 4 is 17.3 Å². The molecule has 0 spiro atoms. The highest BCUT2D eigenvalue weighted by atomic mass is 16.6. The smallest absolute Gasteiger partial charge is 0.353 e. The molecule has 104 valence electrons. The van der Waals surface area contributed by atoms with E-state index in [0.29, 0.717) is 17.7 Å². The molecule has 2 rings (SSSR count). The number of hydrogen-bond acceptors (Lipinski definition) is 6. The molecule has 7 heteroatoms. The third-order valence-corrected chi connectivity index (χ3v) is 3.86. The lowest BCUT2D eigenvalue weighted by molar-refractivity contribution is -0.383. The molecule has 2 atom stereocenters. The zero-order valence-corrected chi connectivity index (χ0v) is 11.5. The van der Waals surface area contributed by atoms with Crippen molar-refractivity contribution in [1.82, 2.24) is 9.97 Å². The van der Waals surface area contributed by atoms with Crippen LogP contribution in [0.3, 0.4) is 0 Å². The number of piperidine rings is 1. The van der Waals surface area contributed by atoms with Crippen LogP contribution >= 0.6 is 0 Å². The van der Waals surface area contributed by atoms with E-state index in [9.17, 15) is 10.1 Å². The minimum absolute atomic E-state index is 0.0354. The molecule has 0 saturated carbocycles. The van der Waals surface area contributed by atoms with Gasteiger partial charge < -0.3 is 10.2 Å². The molecule has 0 aromatic carbocycles. The molecular formula is C12H19N5O2. The second-order valence-corrected chi connectivity index (χ2v) is 5.09. The van der Waals surface area contributed by atoms with E-state index in [1.165, 1.54) is 6.33 Å². The van der Waals surface area contributed by atoms with Crippen molar-refractivity contribution in [3.8, 4) is 0 Å². The molecule has 1 fully saturated rings. The number of nitrogens with one attached hydrogen (secondary N) is 1. The van der Waals surface area contributed by atoms with Gasteiger partial charge in [-0.05, 0) is 18.3 Å². The second-order valence-electron chi connectivity index (χ2n) is 5.09. The molecule has 0 bridgehead atoms. The van der Waals surface area contributed by atoms with Crippen LogP contribution in [0.1, 0.15) is 20.3 Å². The Morgan fingerprint density at radius 1 is 1.42 bits per heavy atom. The topological polar surface area (TPSA) is 84.2 Å². The fourth-order valence-electron chi connectivity index (χ4n) is 2.41. The van der Waals surface area contributed by atoms with Crippen LogP contribution in [-0.2, 0) is 0 Å². The number of rotatable bonds is 3. The lowest BCUT2D eigenvalue weighted by atomic mass is 9.89. The summed E-state index contributed by atoms with van der Waals surface area (Å²) in [4.78, 5) is 20.9. The first-order valence-corrected chi connectivity index (χ1v) is 6.46. The van der Waals surface area contributed by atoms with Gasteiger partial charge in [-0.1, -0.05) is 13.8 Å². The van der Waals surface area contributed by atoms with Gasteiger partial charge in [-0.2, -0.15) is 0 Å². The highest BCUT2D eigenvalue weighted by Crippen LogP contribution is 2.34. The van der Waals surface area contributed by atoms with Gasteiger partial charge in [0.05, 0.1) is 4.92 Å². The average Bonchev–Trinajstić information content (AvgIpc) is 2.40. The van der Waals surface area contributed by atoms with Gasteiger partial charge >= 0.3 is 5.69 Å². The van der Waals surface area contributed by atoms with Crippen molar-refractivity contribution < 1.29 is 4.92 Å². The fourth-order valence-corrected chi connectivity index (χ4v) is 2.41. The summed E-state index contributed by atoms with van der Waals surface area (Å²) in [5.74, 6) is 1.83. The van der Waals surface area contributed by atoms with Crippen LogP contribution in [0.5, 0.6) is 0 Å². The molecule has 0 radical (unpaired) electrons. The average molecular weight is 265 g/mol. The van der Waals surface area contributed by atoms with Crippen LogP contribution in [0, 0.1) is 22.0 Å². The minimum Gasteiger partial charge on any atom is -0.367 e. The first-order chi connectivity index (χ1) is 9.04.